The zero-order valence-electron chi connectivity index (χ0n) is 10.1. The number of amides is 1. The highest BCUT2D eigenvalue weighted by Gasteiger charge is 2.13. The summed E-state index contributed by atoms with van der Waals surface area (Å²) in [7, 11) is 3.32. The molecule has 0 aliphatic carbocycles. The first-order valence-corrected chi connectivity index (χ1v) is 5.20. The van der Waals surface area contributed by atoms with Crippen LogP contribution in [0.1, 0.15) is 19.8 Å². The summed E-state index contributed by atoms with van der Waals surface area (Å²) in [6.07, 6.45) is 0.817. The minimum atomic E-state index is 0.0373. The van der Waals surface area contributed by atoms with E-state index < -0.39 is 0 Å². The van der Waals surface area contributed by atoms with E-state index in [9.17, 15) is 4.79 Å². The van der Waals surface area contributed by atoms with Crippen molar-refractivity contribution in [3.63, 3.8) is 0 Å². The first-order chi connectivity index (χ1) is 7.51. The molecule has 0 radical (unpaired) electrons. The van der Waals surface area contributed by atoms with E-state index in [0.717, 1.165) is 0 Å². The van der Waals surface area contributed by atoms with E-state index in [1.807, 2.05) is 6.92 Å². The van der Waals surface area contributed by atoms with Crippen LogP contribution in [0.5, 0.6) is 0 Å². The Balaban J connectivity index is 3.90. The lowest BCUT2D eigenvalue weighted by Crippen LogP contribution is -2.32. The Morgan fingerprint density at radius 1 is 1.62 bits per heavy atom. The van der Waals surface area contributed by atoms with Crippen molar-refractivity contribution in [3.05, 3.63) is 0 Å². The van der Waals surface area contributed by atoms with Crippen molar-refractivity contribution in [2.24, 2.45) is 16.8 Å². The summed E-state index contributed by atoms with van der Waals surface area (Å²) in [5, 5.41) is 11.2. The van der Waals surface area contributed by atoms with Gasteiger partial charge in [-0.15, -0.1) is 0 Å². The second kappa shape index (κ2) is 7.92. The molecule has 1 atom stereocenters. The monoisotopic (exact) mass is 231 g/mol. The Morgan fingerprint density at radius 3 is 2.75 bits per heavy atom. The van der Waals surface area contributed by atoms with Gasteiger partial charge in [-0.2, -0.15) is 0 Å². The zero-order chi connectivity index (χ0) is 12.6. The van der Waals surface area contributed by atoms with Crippen LogP contribution in [0.2, 0.25) is 0 Å². The van der Waals surface area contributed by atoms with Crippen LogP contribution in [0.25, 0.3) is 0 Å². The molecular weight excluding hydrogens is 210 g/mol. The van der Waals surface area contributed by atoms with E-state index in [1.54, 1.807) is 19.1 Å². The smallest absolute Gasteiger partial charge is 0.222 e. The van der Waals surface area contributed by atoms with Crippen molar-refractivity contribution in [2.75, 3.05) is 27.3 Å². The second-order valence-electron chi connectivity index (χ2n) is 3.92. The van der Waals surface area contributed by atoms with E-state index in [0.29, 0.717) is 26.0 Å². The van der Waals surface area contributed by atoms with Crippen LogP contribution in [-0.4, -0.2) is 49.2 Å². The number of nitrogens with two attached hydrogens (primary N) is 1. The van der Waals surface area contributed by atoms with Crippen molar-refractivity contribution >= 4 is 11.7 Å². The van der Waals surface area contributed by atoms with Crippen molar-refractivity contribution in [1.29, 1.82) is 0 Å². The summed E-state index contributed by atoms with van der Waals surface area (Å²) in [5.41, 5.74) is 5.31. The molecule has 0 aromatic carbocycles. The normalized spacial score (nSPS) is 13.6. The Hall–Kier alpha value is -1.30. The highest BCUT2D eigenvalue weighted by Crippen LogP contribution is 2.05. The molecule has 0 aromatic rings. The van der Waals surface area contributed by atoms with Gasteiger partial charge in [0.2, 0.25) is 5.91 Å². The molecule has 6 nitrogen and oxygen atoms in total. The molecule has 0 heterocycles. The fraction of sp³-hybridized carbons (Fsp3) is 0.800. The van der Waals surface area contributed by atoms with E-state index in [1.165, 1.54) is 0 Å². The predicted molar refractivity (Wildman–Crippen MR) is 61.3 cm³/mol. The molecule has 0 fully saturated rings. The van der Waals surface area contributed by atoms with Crippen LogP contribution in [-0.2, 0) is 9.53 Å². The van der Waals surface area contributed by atoms with Gasteiger partial charge in [0.25, 0.3) is 0 Å². The molecule has 0 saturated heterocycles. The van der Waals surface area contributed by atoms with Gasteiger partial charge in [0, 0.05) is 40.2 Å². The third-order valence-corrected chi connectivity index (χ3v) is 2.23. The molecule has 0 rings (SSSR count). The summed E-state index contributed by atoms with van der Waals surface area (Å²) >= 11 is 0. The highest BCUT2D eigenvalue weighted by atomic mass is 16.5. The molecule has 16 heavy (non-hydrogen) atoms. The van der Waals surface area contributed by atoms with Gasteiger partial charge in [0.15, 0.2) is 0 Å². The van der Waals surface area contributed by atoms with E-state index in [4.69, 9.17) is 15.7 Å². The number of nitrogens with zero attached hydrogens (tertiary/aromatic N) is 2. The van der Waals surface area contributed by atoms with E-state index >= 15 is 0 Å². The van der Waals surface area contributed by atoms with E-state index in [2.05, 4.69) is 5.16 Å². The van der Waals surface area contributed by atoms with Crippen molar-refractivity contribution in [3.8, 4) is 0 Å². The average Bonchev–Trinajstić information content (AvgIpc) is 2.25. The van der Waals surface area contributed by atoms with Gasteiger partial charge in [-0.1, -0.05) is 12.1 Å². The highest BCUT2D eigenvalue weighted by molar-refractivity contribution is 5.81. The average molecular weight is 231 g/mol. The van der Waals surface area contributed by atoms with Crippen LogP contribution < -0.4 is 5.73 Å². The lowest BCUT2D eigenvalue weighted by atomic mass is 10.1. The van der Waals surface area contributed by atoms with E-state index in [-0.39, 0.29) is 17.7 Å². The fourth-order valence-corrected chi connectivity index (χ4v) is 1.25. The Bertz CT molecular complexity index is 243. The predicted octanol–water partition coefficient (Wildman–Crippen LogP) is 0.254. The third kappa shape index (κ3) is 6.23. The molecule has 0 aliphatic heterocycles. The molecule has 0 aromatic heterocycles. The van der Waals surface area contributed by atoms with Crippen LogP contribution in [0.15, 0.2) is 5.16 Å². The van der Waals surface area contributed by atoms with Crippen molar-refractivity contribution in [1.82, 2.24) is 4.90 Å². The van der Waals surface area contributed by atoms with Crippen molar-refractivity contribution < 1.29 is 14.7 Å². The Morgan fingerprint density at radius 2 is 2.25 bits per heavy atom. The lowest BCUT2D eigenvalue weighted by Gasteiger charge is -2.18. The summed E-state index contributed by atoms with van der Waals surface area (Å²) < 4.78 is 4.96. The molecular formula is C10H21N3O3. The maximum absolute atomic E-state index is 11.7. The number of carbonyl (C=O) groups excluding carboxylic acids is 1. The molecule has 1 unspecified atom stereocenters. The summed E-state index contributed by atoms with van der Waals surface area (Å²) in [5.74, 6) is 0.365. The minimum absolute atomic E-state index is 0.0373. The number of amidine groups is 1. The second-order valence-corrected chi connectivity index (χ2v) is 3.92. The maximum Gasteiger partial charge on any atom is 0.222 e. The fourth-order valence-electron chi connectivity index (χ4n) is 1.25. The summed E-state index contributed by atoms with van der Waals surface area (Å²) in [4.78, 5) is 13.2. The third-order valence-electron chi connectivity index (χ3n) is 2.23. The first-order valence-electron chi connectivity index (χ1n) is 5.20. The van der Waals surface area contributed by atoms with Crippen LogP contribution in [0.3, 0.4) is 0 Å². The molecule has 0 aliphatic rings. The largest absolute Gasteiger partial charge is 0.409 e. The molecule has 0 bridgehead atoms. The summed E-state index contributed by atoms with van der Waals surface area (Å²) in [6, 6.07) is 0. The number of rotatable bonds is 7. The zero-order valence-corrected chi connectivity index (χ0v) is 10.1. The topological polar surface area (TPSA) is 88.2 Å². The summed E-state index contributed by atoms with van der Waals surface area (Å²) in [6.45, 7) is 2.98. The van der Waals surface area contributed by atoms with Gasteiger partial charge in [-0.3, -0.25) is 4.79 Å². The molecule has 6 heteroatoms. The Kier molecular flexibility index (Phi) is 7.28. The molecule has 3 N–H and O–H groups in total. The van der Waals surface area contributed by atoms with Crippen LogP contribution in [0.4, 0.5) is 0 Å². The van der Waals surface area contributed by atoms with Gasteiger partial charge in [-0.25, -0.2) is 0 Å². The quantitative estimate of drug-likeness (QED) is 0.284. The molecule has 0 saturated carbocycles. The first kappa shape index (κ1) is 14.7. The van der Waals surface area contributed by atoms with Crippen molar-refractivity contribution in [2.45, 2.75) is 19.8 Å². The molecule has 1 amide bonds. The number of hydrogen-bond donors (Lipinski definition) is 2. The molecule has 0 spiro atoms. The van der Waals surface area contributed by atoms with Gasteiger partial charge in [-0.05, 0) is 5.92 Å². The van der Waals surface area contributed by atoms with Crippen LogP contribution in [0, 0.1) is 5.92 Å². The van der Waals surface area contributed by atoms with Crippen LogP contribution >= 0.6 is 0 Å². The van der Waals surface area contributed by atoms with Gasteiger partial charge in [0.05, 0.1) is 0 Å². The maximum atomic E-state index is 11.7. The molecule has 94 valence electrons. The number of hydrogen-bond acceptors (Lipinski definition) is 4. The SMILES string of the molecule is COCC(C)CC(=O)N(C)CCC(N)=NO. The van der Waals surface area contributed by atoms with Gasteiger partial charge >= 0.3 is 0 Å². The number of methoxy groups -OCH3 is 1. The number of oxime groups is 1. The lowest BCUT2D eigenvalue weighted by molar-refractivity contribution is -0.131. The number of carbonyl (C=O) groups is 1. The Labute approximate surface area is 96.0 Å². The number of ether oxygens (including phenoxy) is 1. The van der Waals surface area contributed by atoms with Gasteiger partial charge in [0.1, 0.15) is 5.84 Å². The van der Waals surface area contributed by atoms with Gasteiger partial charge < -0.3 is 20.6 Å². The minimum Gasteiger partial charge on any atom is -0.409 e. The standard InChI is InChI=1S/C10H21N3O3/c1-8(7-16-3)6-10(14)13(2)5-4-9(11)12-15/h8,15H,4-7H2,1-3H3,(H2,11,12).